The minimum absolute atomic E-state index is 0.0433. The maximum atomic E-state index is 12.7. The summed E-state index contributed by atoms with van der Waals surface area (Å²) >= 11 is 0. The molecule has 3 heteroatoms. The molecule has 0 saturated heterocycles. The van der Waals surface area contributed by atoms with Crippen molar-refractivity contribution in [2.24, 2.45) is 10.8 Å². The summed E-state index contributed by atoms with van der Waals surface area (Å²) in [6, 6.07) is 7.79. The van der Waals surface area contributed by atoms with Crippen LogP contribution in [0.3, 0.4) is 0 Å². The molecule has 0 radical (unpaired) electrons. The van der Waals surface area contributed by atoms with Gasteiger partial charge in [-0.1, -0.05) is 43.7 Å². The first kappa shape index (κ1) is 17.5. The fraction of sp³-hybridized carbons (Fsp3) is 0.500. The smallest absolute Gasteiger partial charge is 0.316 e. The van der Waals surface area contributed by atoms with Gasteiger partial charge in [0.2, 0.25) is 0 Å². The van der Waals surface area contributed by atoms with E-state index in [1.54, 1.807) is 0 Å². The van der Waals surface area contributed by atoms with Crippen molar-refractivity contribution in [1.82, 2.24) is 0 Å². The normalized spacial score (nSPS) is 18.1. The number of carbonyl (C=O) groups excluding carboxylic acids is 2. The van der Waals surface area contributed by atoms with Crippen LogP contribution < -0.4 is 0 Å². The number of ether oxygens (including phenoxy) is 1. The number of benzene rings is 1. The van der Waals surface area contributed by atoms with E-state index in [1.807, 2.05) is 65.8 Å². The molecule has 0 spiro atoms. The molecule has 23 heavy (non-hydrogen) atoms. The van der Waals surface area contributed by atoms with Crippen LogP contribution in [0.15, 0.2) is 30.0 Å². The lowest BCUT2D eigenvalue weighted by molar-refractivity contribution is -0.149. The molecular weight excluding hydrogens is 288 g/mol. The molecule has 0 amide bonds. The molecule has 0 aromatic heterocycles. The van der Waals surface area contributed by atoms with E-state index < -0.39 is 5.41 Å². The van der Waals surface area contributed by atoms with Crippen LogP contribution in [0.5, 0.6) is 0 Å². The van der Waals surface area contributed by atoms with Crippen LogP contribution in [-0.4, -0.2) is 11.8 Å². The van der Waals surface area contributed by atoms with Crippen molar-refractivity contribution in [3.8, 4) is 0 Å². The monoisotopic (exact) mass is 314 g/mol. The minimum atomic E-state index is -0.601. The molecule has 0 bridgehead atoms. The van der Waals surface area contributed by atoms with E-state index in [9.17, 15) is 9.59 Å². The van der Waals surface area contributed by atoms with Crippen LogP contribution in [0.2, 0.25) is 0 Å². The number of aryl methyl sites for hydroxylation is 1. The molecule has 2 rings (SSSR count). The summed E-state index contributed by atoms with van der Waals surface area (Å²) in [5, 5.41) is 0. The maximum absolute atomic E-state index is 12.7. The summed E-state index contributed by atoms with van der Waals surface area (Å²) in [5.41, 5.74) is 1.72. The molecule has 1 aliphatic rings. The van der Waals surface area contributed by atoms with Gasteiger partial charge in [-0.2, -0.15) is 0 Å². The highest BCUT2D eigenvalue weighted by molar-refractivity contribution is 6.22. The van der Waals surface area contributed by atoms with Crippen molar-refractivity contribution in [3.63, 3.8) is 0 Å². The van der Waals surface area contributed by atoms with Crippen LogP contribution >= 0.6 is 0 Å². The first-order valence-corrected chi connectivity index (χ1v) is 8.05. The van der Waals surface area contributed by atoms with Gasteiger partial charge in [0.25, 0.3) is 0 Å². The van der Waals surface area contributed by atoms with Crippen LogP contribution in [0.25, 0.3) is 5.57 Å². The second kappa shape index (κ2) is 5.95. The van der Waals surface area contributed by atoms with Gasteiger partial charge in [-0.25, -0.2) is 0 Å². The standard InChI is InChI=1S/C20H26O3/c1-13-7-9-14(10-8-13)17-15(21)11-20(5,6)12-16(17)23-18(22)19(2,3)4/h7-10H,11-12H2,1-6H3. The van der Waals surface area contributed by atoms with Gasteiger partial charge in [-0.3, -0.25) is 9.59 Å². The van der Waals surface area contributed by atoms with E-state index in [0.29, 0.717) is 24.2 Å². The third-order valence-corrected chi connectivity index (χ3v) is 4.00. The van der Waals surface area contributed by atoms with Gasteiger partial charge >= 0.3 is 5.97 Å². The van der Waals surface area contributed by atoms with E-state index in [1.165, 1.54) is 0 Å². The lowest BCUT2D eigenvalue weighted by Gasteiger charge is -2.32. The van der Waals surface area contributed by atoms with E-state index in [-0.39, 0.29) is 17.2 Å². The number of hydrogen-bond donors (Lipinski definition) is 0. The molecule has 0 unspecified atom stereocenters. The predicted molar refractivity (Wildman–Crippen MR) is 91.7 cm³/mol. The minimum Gasteiger partial charge on any atom is -0.430 e. The summed E-state index contributed by atoms with van der Waals surface area (Å²) < 4.78 is 5.68. The summed E-state index contributed by atoms with van der Waals surface area (Å²) in [6.45, 7) is 11.5. The molecular formula is C20H26O3. The zero-order valence-electron chi connectivity index (χ0n) is 14.9. The molecule has 124 valence electrons. The fourth-order valence-electron chi connectivity index (χ4n) is 2.66. The van der Waals surface area contributed by atoms with Crippen molar-refractivity contribution >= 4 is 17.3 Å². The topological polar surface area (TPSA) is 43.4 Å². The van der Waals surface area contributed by atoms with Gasteiger partial charge in [0.1, 0.15) is 5.76 Å². The lowest BCUT2D eigenvalue weighted by atomic mass is 9.75. The van der Waals surface area contributed by atoms with E-state index in [2.05, 4.69) is 0 Å². The second-order valence-electron chi connectivity index (χ2n) is 8.24. The van der Waals surface area contributed by atoms with Crippen LogP contribution in [0, 0.1) is 17.8 Å². The molecule has 1 aliphatic carbocycles. The van der Waals surface area contributed by atoms with Gasteiger partial charge in [0.15, 0.2) is 5.78 Å². The Morgan fingerprint density at radius 3 is 2.17 bits per heavy atom. The lowest BCUT2D eigenvalue weighted by Crippen LogP contribution is -2.30. The van der Waals surface area contributed by atoms with E-state index >= 15 is 0 Å². The third-order valence-electron chi connectivity index (χ3n) is 4.00. The van der Waals surface area contributed by atoms with Gasteiger partial charge in [-0.05, 0) is 38.7 Å². The number of carbonyl (C=O) groups is 2. The number of allylic oxidation sites excluding steroid dienone is 2. The first-order chi connectivity index (χ1) is 10.5. The number of rotatable bonds is 2. The molecule has 1 aromatic carbocycles. The highest BCUT2D eigenvalue weighted by Gasteiger charge is 2.37. The SMILES string of the molecule is Cc1ccc(C2=C(OC(=O)C(C)(C)C)CC(C)(C)CC2=O)cc1. The molecule has 0 aliphatic heterocycles. The second-order valence-corrected chi connectivity index (χ2v) is 8.24. The fourth-order valence-corrected chi connectivity index (χ4v) is 2.66. The van der Waals surface area contributed by atoms with Gasteiger partial charge < -0.3 is 4.74 Å². The quantitative estimate of drug-likeness (QED) is 0.744. The predicted octanol–water partition coefficient (Wildman–Crippen LogP) is 4.68. The highest BCUT2D eigenvalue weighted by atomic mass is 16.5. The number of esters is 1. The third kappa shape index (κ3) is 4.10. The Labute approximate surface area is 138 Å². The summed E-state index contributed by atoms with van der Waals surface area (Å²) in [5.74, 6) is 0.249. The summed E-state index contributed by atoms with van der Waals surface area (Å²) in [7, 11) is 0. The molecule has 0 heterocycles. The Morgan fingerprint density at radius 1 is 1.09 bits per heavy atom. The molecule has 0 saturated carbocycles. The average molecular weight is 314 g/mol. The van der Waals surface area contributed by atoms with E-state index in [0.717, 1.165) is 11.1 Å². The number of Topliss-reactive ketones (excluding diaryl/α,β-unsaturated/α-hetero) is 1. The largest absolute Gasteiger partial charge is 0.430 e. The first-order valence-electron chi connectivity index (χ1n) is 8.05. The maximum Gasteiger partial charge on any atom is 0.316 e. The Hall–Kier alpha value is -1.90. The van der Waals surface area contributed by atoms with Crippen LogP contribution in [0.1, 0.15) is 58.6 Å². The van der Waals surface area contributed by atoms with Crippen LogP contribution in [0.4, 0.5) is 0 Å². The Bertz CT molecular complexity index is 655. The Morgan fingerprint density at radius 2 is 1.65 bits per heavy atom. The van der Waals surface area contributed by atoms with Gasteiger partial charge in [0.05, 0.1) is 11.0 Å². The molecule has 0 fully saturated rings. The van der Waals surface area contributed by atoms with Gasteiger partial charge in [0, 0.05) is 12.8 Å². The Balaban J connectivity index is 2.50. The molecule has 3 nitrogen and oxygen atoms in total. The number of ketones is 1. The van der Waals surface area contributed by atoms with Crippen molar-refractivity contribution in [2.45, 2.75) is 54.4 Å². The van der Waals surface area contributed by atoms with Crippen molar-refractivity contribution in [3.05, 3.63) is 41.2 Å². The van der Waals surface area contributed by atoms with Crippen molar-refractivity contribution in [1.29, 1.82) is 0 Å². The van der Waals surface area contributed by atoms with Gasteiger partial charge in [-0.15, -0.1) is 0 Å². The molecule has 0 N–H and O–H groups in total. The molecule has 1 aromatic rings. The van der Waals surface area contributed by atoms with Crippen molar-refractivity contribution < 1.29 is 14.3 Å². The molecule has 0 atom stereocenters. The summed E-state index contributed by atoms with van der Waals surface area (Å²) in [4.78, 5) is 25.0. The zero-order chi connectivity index (χ0) is 17.4. The van der Waals surface area contributed by atoms with Crippen molar-refractivity contribution in [2.75, 3.05) is 0 Å². The average Bonchev–Trinajstić information content (AvgIpc) is 2.37. The summed E-state index contributed by atoms with van der Waals surface area (Å²) in [6.07, 6.45) is 1.05. The Kier molecular flexibility index (Phi) is 4.52. The number of hydrogen-bond acceptors (Lipinski definition) is 3. The highest BCUT2D eigenvalue weighted by Crippen LogP contribution is 2.41. The van der Waals surface area contributed by atoms with E-state index in [4.69, 9.17) is 4.74 Å². The zero-order valence-corrected chi connectivity index (χ0v) is 14.9. The van der Waals surface area contributed by atoms with Crippen LogP contribution in [-0.2, 0) is 14.3 Å².